The molecule has 0 aliphatic heterocycles. The maximum absolute atomic E-state index is 6.14. The lowest BCUT2D eigenvalue weighted by molar-refractivity contribution is 0.676. The van der Waals surface area contributed by atoms with Crippen LogP contribution >= 0.6 is 11.5 Å². The summed E-state index contributed by atoms with van der Waals surface area (Å²) in [5.41, 5.74) is 8.15. The van der Waals surface area contributed by atoms with Gasteiger partial charge in [-0.05, 0) is 24.0 Å². The largest absolute Gasteiger partial charge is 0.323 e. The molecule has 86 valence electrons. The van der Waals surface area contributed by atoms with Crippen LogP contribution in [0.3, 0.4) is 0 Å². The summed E-state index contributed by atoms with van der Waals surface area (Å²) >= 11 is 1.39. The maximum Gasteiger partial charge on any atom is 0.0801 e. The number of aryl methyl sites for hydroxylation is 2. The predicted molar refractivity (Wildman–Crippen MR) is 63.1 cm³/mol. The Balaban J connectivity index is 2.11. The second-order valence-corrected chi connectivity index (χ2v) is 4.51. The zero-order chi connectivity index (χ0) is 11.5. The van der Waals surface area contributed by atoms with Crippen molar-refractivity contribution >= 4 is 11.5 Å². The van der Waals surface area contributed by atoms with E-state index >= 15 is 0 Å². The van der Waals surface area contributed by atoms with Gasteiger partial charge in [-0.1, -0.05) is 11.4 Å². The molecule has 0 bridgehead atoms. The van der Waals surface area contributed by atoms with Crippen LogP contribution in [-0.2, 0) is 19.9 Å². The Labute approximate surface area is 98.4 Å². The Bertz CT molecular complexity index is 461. The molecule has 1 unspecified atom stereocenters. The van der Waals surface area contributed by atoms with E-state index < -0.39 is 0 Å². The topological polar surface area (TPSA) is 69.6 Å². The van der Waals surface area contributed by atoms with Crippen LogP contribution in [0.4, 0.5) is 0 Å². The molecule has 2 rings (SSSR count). The summed E-state index contributed by atoms with van der Waals surface area (Å²) in [5, 5.41) is 8.38. The summed E-state index contributed by atoms with van der Waals surface area (Å²) in [4.78, 5) is 1.08. The van der Waals surface area contributed by atoms with Crippen molar-refractivity contribution in [1.29, 1.82) is 0 Å². The summed E-state index contributed by atoms with van der Waals surface area (Å²) in [7, 11) is 1.90. The van der Waals surface area contributed by atoms with Gasteiger partial charge in [0, 0.05) is 25.7 Å². The minimum absolute atomic E-state index is 0.0511. The van der Waals surface area contributed by atoms with Crippen LogP contribution in [0.5, 0.6) is 0 Å². The minimum atomic E-state index is -0.0511. The van der Waals surface area contributed by atoms with Crippen molar-refractivity contribution in [1.82, 2.24) is 19.4 Å². The zero-order valence-electron chi connectivity index (χ0n) is 9.42. The molecule has 0 aliphatic rings. The van der Waals surface area contributed by atoms with E-state index in [-0.39, 0.29) is 6.04 Å². The monoisotopic (exact) mass is 237 g/mol. The van der Waals surface area contributed by atoms with Crippen molar-refractivity contribution in [3.8, 4) is 0 Å². The highest BCUT2D eigenvalue weighted by molar-refractivity contribution is 7.05. The van der Waals surface area contributed by atoms with Gasteiger partial charge in [-0.25, -0.2) is 0 Å². The maximum atomic E-state index is 6.14. The molecule has 2 aromatic heterocycles. The van der Waals surface area contributed by atoms with Crippen LogP contribution in [0.1, 0.15) is 29.2 Å². The van der Waals surface area contributed by atoms with Crippen molar-refractivity contribution in [2.45, 2.75) is 25.8 Å². The summed E-state index contributed by atoms with van der Waals surface area (Å²) in [6, 6.07) is 1.93. The van der Waals surface area contributed by atoms with E-state index in [2.05, 4.69) is 21.6 Å². The molecule has 0 saturated carbocycles. The predicted octanol–water partition coefficient (Wildman–Crippen LogP) is 1.08. The van der Waals surface area contributed by atoms with Crippen LogP contribution in [0, 0.1) is 0 Å². The van der Waals surface area contributed by atoms with Gasteiger partial charge < -0.3 is 5.73 Å². The molecule has 1 atom stereocenters. The standard InChI is InChI=1S/C10H15N5S/c1-3-9-10(16-14-12-9)8(11)6-7-4-5-15(2)13-7/h4-5,8H,3,6,11H2,1-2H3. The number of rotatable bonds is 4. The molecule has 0 aliphatic carbocycles. The second-order valence-electron chi connectivity index (χ2n) is 3.73. The van der Waals surface area contributed by atoms with Crippen molar-refractivity contribution in [2.24, 2.45) is 12.8 Å². The van der Waals surface area contributed by atoms with E-state index in [9.17, 15) is 0 Å². The molecule has 0 saturated heterocycles. The molecule has 2 aromatic rings. The van der Waals surface area contributed by atoms with Gasteiger partial charge in [0.05, 0.1) is 16.3 Å². The van der Waals surface area contributed by atoms with Gasteiger partial charge in [-0.2, -0.15) is 5.10 Å². The fourth-order valence-corrected chi connectivity index (χ4v) is 2.37. The summed E-state index contributed by atoms with van der Waals surface area (Å²) < 4.78 is 5.73. The Morgan fingerprint density at radius 1 is 1.56 bits per heavy atom. The number of hydrogen-bond donors (Lipinski definition) is 1. The molecular weight excluding hydrogens is 222 g/mol. The number of aromatic nitrogens is 4. The normalized spacial score (nSPS) is 12.9. The van der Waals surface area contributed by atoms with Crippen LogP contribution in [0.25, 0.3) is 0 Å². The Morgan fingerprint density at radius 2 is 2.38 bits per heavy atom. The average molecular weight is 237 g/mol. The smallest absolute Gasteiger partial charge is 0.0801 e. The zero-order valence-corrected chi connectivity index (χ0v) is 10.2. The van der Waals surface area contributed by atoms with Gasteiger partial charge in [0.2, 0.25) is 0 Å². The number of nitrogens with two attached hydrogens (primary N) is 1. The van der Waals surface area contributed by atoms with Gasteiger partial charge in [0.25, 0.3) is 0 Å². The first-order chi connectivity index (χ1) is 7.70. The van der Waals surface area contributed by atoms with E-state index in [0.717, 1.165) is 29.1 Å². The van der Waals surface area contributed by atoms with Crippen LogP contribution < -0.4 is 5.73 Å². The molecule has 0 fully saturated rings. The summed E-state index contributed by atoms with van der Waals surface area (Å²) in [6.07, 6.45) is 3.53. The quantitative estimate of drug-likeness (QED) is 0.863. The number of nitrogens with zero attached hydrogens (tertiary/aromatic N) is 4. The third-order valence-corrected chi connectivity index (χ3v) is 3.35. The molecule has 2 N–H and O–H groups in total. The highest BCUT2D eigenvalue weighted by Crippen LogP contribution is 2.21. The van der Waals surface area contributed by atoms with Crippen LogP contribution in [-0.4, -0.2) is 19.4 Å². The molecule has 6 heteroatoms. The highest BCUT2D eigenvalue weighted by Gasteiger charge is 2.15. The van der Waals surface area contributed by atoms with Gasteiger partial charge in [0.1, 0.15) is 0 Å². The summed E-state index contributed by atoms with van der Waals surface area (Å²) in [5.74, 6) is 0. The fourth-order valence-electron chi connectivity index (χ4n) is 1.63. The lowest BCUT2D eigenvalue weighted by Gasteiger charge is -2.07. The van der Waals surface area contributed by atoms with Crippen LogP contribution in [0.15, 0.2) is 12.3 Å². The minimum Gasteiger partial charge on any atom is -0.323 e. The van der Waals surface area contributed by atoms with E-state index in [4.69, 9.17) is 5.73 Å². The van der Waals surface area contributed by atoms with E-state index in [1.54, 1.807) is 4.68 Å². The van der Waals surface area contributed by atoms with Crippen molar-refractivity contribution in [3.63, 3.8) is 0 Å². The molecule has 0 amide bonds. The highest BCUT2D eigenvalue weighted by atomic mass is 32.1. The second kappa shape index (κ2) is 4.71. The van der Waals surface area contributed by atoms with Crippen molar-refractivity contribution in [2.75, 3.05) is 0 Å². The first-order valence-electron chi connectivity index (χ1n) is 5.26. The van der Waals surface area contributed by atoms with E-state index in [0.29, 0.717) is 0 Å². The molecule has 0 radical (unpaired) electrons. The van der Waals surface area contributed by atoms with Crippen LogP contribution in [0.2, 0.25) is 0 Å². The third-order valence-electron chi connectivity index (χ3n) is 2.45. The third kappa shape index (κ3) is 2.28. The Hall–Kier alpha value is -1.27. The molecular formula is C10H15N5S. The molecule has 2 heterocycles. The lowest BCUT2D eigenvalue weighted by atomic mass is 10.1. The van der Waals surface area contributed by atoms with E-state index in [1.807, 2.05) is 19.3 Å². The first kappa shape index (κ1) is 11.2. The Morgan fingerprint density at radius 3 is 3.00 bits per heavy atom. The average Bonchev–Trinajstić information content (AvgIpc) is 2.86. The van der Waals surface area contributed by atoms with Gasteiger partial charge in [-0.15, -0.1) is 5.10 Å². The van der Waals surface area contributed by atoms with Gasteiger partial charge in [0.15, 0.2) is 0 Å². The lowest BCUT2D eigenvalue weighted by Crippen LogP contribution is -2.14. The summed E-state index contributed by atoms with van der Waals surface area (Å²) in [6.45, 7) is 2.06. The van der Waals surface area contributed by atoms with Gasteiger partial charge in [-0.3, -0.25) is 4.68 Å². The molecule has 5 nitrogen and oxygen atoms in total. The van der Waals surface area contributed by atoms with E-state index in [1.165, 1.54) is 11.5 Å². The molecule has 0 spiro atoms. The molecule has 0 aromatic carbocycles. The fraction of sp³-hybridized carbons (Fsp3) is 0.500. The Kier molecular flexibility index (Phi) is 3.31. The van der Waals surface area contributed by atoms with Gasteiger partial charge >= 0.3 is 0 Å². The first-order valence-corrected chi connectivity index (χ1v) is 6.03. The molecule has 16 heavy (non-hydrogen) atoms. The number of hydrogen-bond acceptors (Lipinski definition) is 5. The van der Waals surface area contributed by atoms with Crippen molar-refractivity contribution < 1.29 is 0 Å². The SMILES string of the molecule is CCc1nnsc1C(N)Cc1ccn(C)n1. The van der Waals surface area contributed by atoms with Crippen molar-refractivity contribution in [3.05, 3.63) is 28.5 Å².